The van der Waals surface area contributed by atoms with Gasteiger partial charge >= 0.3 is 5.97 Å². The van der Waals surface area contributed by atoms with Crippen molar-refractivity contribution in [1.29, 1.82) is 0 Å². The van der Waals surface area contributed by atoms with Crippen LogP contribution < -0.4 is 10.2 Å². The van der Waals surface area contributed by atoms with E-state index in [4.69, 9.17) is 4.74 Å². The minimum Gasteiger partial charge on any atom is -0.422 e. The zero-order chi connectivity index (χ0) is 21.6. The number of carbonyl (C=O) groups is 2. The first-order valence-corrected chi connectivity index (χ1v) is 9.66. The zero-order valence-electron chi connectivity index (χ0n) is 16.8. The Kier molecular flexibility index (Phi) is 5.80. The number of fused-ring (bicyclic) bond motifs is 1. The molecular weight excluding hydrogens is 390 g/mol. The summed E-state index contributed by atoms with van der Waals surface area (Å²) in [4.78, 5) is 28.8. The van der Waals surface area contributed by atoms with Crippen LogP contribution in [0.5, 0.6) is 5.75 Å². The van der Waals surface area contributed by atoms with Crippen molar-refractivity contribution >= 4 is 28.9 Å². The topological polar surface area (TPSA) is 80.6 Å². The van der Waals surface area contributed by atoms with Crippen molar-refractivity contribution in [2.75, 3.05) is 0 Å². The van der Waals surface area contributed by atoms with Crippen LogP contribution in [0.4, 0.5) is 0 Å². The molecule has 6 nitrogen and oxygen atoms in total. The Bertz CT molecular complexity index is 1280. The number of ether oxygens (including phenoxy) is 1. The van der Waals surface area contributed by atoms with Crippen molar-refractivity contribution in [2.24, 2.45) is 5.10 Å². The summed E-state index contributed by atoms with van der Waals surface area (Å²) in [5.41, 5.74) is 4.95. The van der Waals surface area contributed by atoms with E-state index in [1.807, 2.05) is 49.4 Å². The predicted octanol–water partition coefficient (Wildman–Crippen LogP) is 4.53. The van der Waals surface area contributed by atoms with Gasteiger partial charge in [0.15, 0.2) is 0 Å². The molecule has 31 heavy (non-hydrogen) atoms. The fourth-order valence-corrected chi connectivity index (χ4v) is 3.15. The van der Waals surface area contributed by atoms with Crippen LogP contribution >= 0.6 is 0 Å². The molecule has 1 N–H and O–H groups in total. The number of hydrazone groups is 1. The normalized spacial score (nSPS) is 10.9. The fourth-order valence-electron chi connectivity index (χ4n) is 3.15. The first-order valence-electron chi connectivity index (χ1n) is 9.66. The van der Waals surface area contributed by atoms with Crippen LogP contribution in [0, 0.1) is 6.92 Å². The maximum atomic E-state index is 12.7. The second kappa shape index (κ2) is 9.00. The number of aryl methyl sites for hydroxylation is 1. The number of aromatic nitrogens is 1. The molecule has 1 aromatic heterocycles. The van der Waals surface area contributed by atoms with Crippen molar-refractivity contribution in [1.82, 2.24) is 10.4 Å². The summed E-state index contributed by atoms with van der Waals surface area (Å²) in [6.07, 6.45) is 4.55. The van der Waals surface area contributed by atoms with Gasteiger partial charge in [-0.05, 0) is 48.0 Å². The molecule has 0 radical (unpaired) electrons. The third-order valence-corrected chi connectivity index (χ3v) is 4.69. The molecule has 0 unspecified atom stereocenters. The quantitative estimate of drug-likeness (QED) is 0.227. The molecule has 0 atom stereocenters. The van der Waals surface area contributed by atoms with Gasteiger partial charge in [0.25, 0.3) is 5.91 Å². The van der Waals surface area contributed by atoms with Gasteiger partial charge in [0.1, 0.15) is 5.75 Å². The highest BCUT2D eigenvalue weighted by Crippen LogP contribution is 2.27. The molecule has 0 aliphatic heterocycles. The Labute approximate surface area is 179 Å². The van der Waals surface area contributed by atoms with Crippen LogP contribution in [-0.2, 0) is 0 Å². The smallest absolute Gasteiger partial charge is 0.343 e. The summed E-state index contributed by atoms with van der Waals surface area (Å²) in [6, 6.07) is 21.7. The first-order chi connectivity index (χ1) is 15.1. The number of nitrogens with zero attached hydrogens (tertiary/aromatic N) is 2. The maximum absolute atomic E-state index is 12.7. The van der Waals surface area contributed by atoms with Crippen LogP contribution in [0.2, 0.25) is 0 Å². The number of amides is 1. The number of carbonyl (C=O) groups excluding carboxylic acids is 2. The standard InChI is InChI=1S/C25H19N3O3/c1-17-5-4-7-20(15-17)25(30)31-23-10-9-18-6-2-3-8-21(18)22(23)16-27-28-24(29)19-11-13-26-14-12-19/h2-16H,1H3,(H,28,29)/b27-16+. The van der Waals surface area contributed by atoms with Crippen molar-refractivity contribution < 1.29 is 14.3 Å². The SMILES string of the molecule is Cc1cccc(C(=O)Oc2ccc3ccccc3c2/C=N/NC(=O)c2ccncc2)c1. The Morgan fingerprint density at radius 1 is 0.935 bits per heavy atom. The largest absolute Gasteiger partial charge is 0.422 e. The monoisotopic (exact) mass is 409 g/mol. The van der Waals surface area contributed by atoms with E-state index in [1.165, 1.54) is 18.6 Å². The zero-order valence-corrected chi connectivity index (χ0v) is 16.8. The number of hydrogen-bond donors (Lipinski definition) is 1. The average molecular weight is 409 g/mol. The summed E-state index contributed by atoms with van der Waals surface area (Å²) < 4.78 is 5.69. The van der Waals surface area contributed by atoms with Gasteiger partial charge in [-0.1, -0.05) is 48.0 Å². The lowest BCUT2D eigenvalue weighted by atomic mass is 10.0. The lowest BCUT2D eigenvalue weighted by Gasteiger charge is -2.11. The number of rotatable bonds is 5. The number of esters is 1. The van der Waals surface area contributed by atoms with Gasteiger partial charge in [-0.25, -0.2) is 10.2 Å². The van der Waals surface area contributed by atoms with Crippen LogP contribution in [0.15, 0.2) is 90.3 Å². The molecule has 6 heteroatoms. The van der Waals surface area contributed by atoms with Gasteiger partial charge in [-0.15, -0.1) is 0 Å². The van der Waals surface area contributed by atoms with Crippen molar-refractivity contribution in [2.45, 2.75) is 6.92 Å². The van der Waals surface area contributed by atoms with E-state index in [9.17, 15) is 9.59 Å². The lowest BCUT2D eigenvalue weighted by Crippen LogP contribution is -2.17. The van der Waals surface area contributed by atoms with Crippen LogP contribution in [0.25, 0.3) is 10.8 Å². The van der Waals surface area contributed by atoms with Crippen LogP contribution in [0.1, 0.15) is 31.8 Å². The summed E-state index contributed by atoms with van der Waals surface area (Å²) in [6.45, 7) is 1.91. The van der Waals surface area contributed by atoms with Gasteiger partial charge in [0.05, 0.1) is 11.8 Å². The molecule has 4 aromatic rings. The van der Waals surface area contributed by atoms with E-state index >= 15 is 0 Å². The van der Waals surface area contributed by atoms with Gasteiger partial charge in [-0.3, -0.25) is 9.78 Å². The molecule has 0 fully saturated rings. The van der Waals surface area contributed by atoms with E-state index < -0.39 is 5.97 Å². The van der Waals surface area contributed by atoms with Gasteiger partial charge in [0, 0.05) is 23.5 Å². The average Bonchev–Trinajstić information content (AvgIpc) is 2.80. The van der Waals surface area contributed by atoms with E-state index in [2.05, 4.69) is 15.5 Å². The van der Waals surface area contributed by atoms with Gasteiger partial charge < -0.3 is 4.74 Å². The number of hydrogen-bond acceptors (Lipinski definition) is 5. The third kappa shape index (κ3) is 4.64. The molecule has 0 saturated heterocycles. The molecule has 1 heterocycles. The Morgan fingerprint density at radius 2 is 1.74 bits per heavy atom. The minimum absolute atomic E-state index is 0.354. The van der Waals surface area contributed by atoms with Crippen molar-refractivity contribution in [3.63, 3.8) is 0 Å². The van der Waals surface area contributed by atoms with Crippen LogP contribution in [-0.4, -0.2) is 23.1 Å². The van der Waals surface area contributed by atoms with E-state index in [0.29, 0.717) is 22.4 Å². The highest BCUT2D eigenvalue weighted by Gasteiger charge is 2.14. The highest BCUT2D eigenvalue weighted by molar-refractivity contribution is 6.04. The molecule has 0 spiro atoms. The summed E-state index contributed by atoms with van der Waals surface area (Å²) in [7, 11) is 0. The second-order valence-corrected chi connectivity index (χ2v) is 6.89. The second-order valence-electron chi connectivity index (χ2n) is 6.89. The molecule has 1 amide bonds. The molecular formula is C25H19N3O3. The van der Waals surface area contributed by atoms with E-state index in [1.54, 1.807) is 30.3 Å². The van der Waals surface area contributed by atoms with Gasteiger partial charge in [0.2, 0.25) is 0 Å². The maximum Gasteiger partial charge on any atom is 0.343 e. The summed E-state index contributed by atoms with van der Waals surface area (Å²) >= 11 is 0. The molecule has 0 saturated carbocycles. The third-order valence-electron chi connectivity index (χ3n) is 4.69. The van der Waals surface area contributed by atoms with Gasteiger partial charge in [-0.2, -0.15) is 5.10 Å². The van der Waals surface area contributed by atoms with E-state index in [0.717, 1.165) is 16.3 Å². The minimum atomic E-state index is -0.463. The number of pyridine rings is 1. The number of benzene rings is 3. The lowest BCUT2D eigenvalue weighted by molar-refractivity contribution is 0.0734. The molecule has 3 aromatic carbocycles. The van der Waals surface area contributed by atoms with Crippen molar-refractivity contribution in [3.05, 3.63) is 107 Å². The molecule has 4 rings (SSSR count). The van der Waals surface area contributed by atoms with Crippen LogP contribution in [0.3, 0.4) is 0 Å². The van der Waals surface area contributed by atoms with Crippen molar-refractivity contribution in [3.8, 4) is 5.75 Å². The Hall–Kier alpha value is -4.32. The molecule has 152 valence electrons. The van der Waals surface area contributed by atoms with E-state index in [-0.39, 0.29) is 5.91 Å². The first kappa shape index (κ1) is 20.0. The molecule has 0 bridgehead atoms. The Morgan fingerprint density at radius 3 is 2.55 bits per heavy atom. The highest BCUT2D eigenvalue weighted by atomic mass is 16.5. The summed E-state index contributed by atoms with van der Waals surface area (Å²) in [5, 5.41) is 5.89. The number of nitrogens with one attached hydrogen (secondary N) is 1. The molecule has 0 aliphatic rings. The molecule has 0 aliphatic carbocycles. The summed E-state index contributed by atoms with van der Waals surface area (Å²) in [5.74, 6) is -0.473. The fraction of sp³-hybridized carbons (Fsp3) is 0.0400. The Balaban J connectivity index is 1.64. The predicted molar refractivity (Wildman–Crippen MR) is 119 cm³/mol.